The van der Waals surface area contributed by atoms with E-state index in [1.165, 1.54) is 6.21 Å². The molecule has 25 heavy (non-hydrogen) atoms. The van der Waals surface area contributed by atoms with Gasteiger partial charge in [-0.05, 0) is 11.1 Å². The Hall–Kier alpha value is -3.11. The largest absolute Gasteiger partial charge is 0.391 e. The average molecular weight is 350 g/mol. The number of carbonyl (C=O) groups excluding carboxylic acids is 4. The van der Waals surface area contributed by atoms with Crippen LogP contribution in [0.1, 0.15) is 24.0 Å². The fourth-order valence-corrected chi connectivity index (χ4v) is 1.88. The smallest absolute Gasteiger partial charge is 0.356 e. The Balaban J connectivity index is 2.97. The van der Waals surface area contributed by atoms with Gasteiger partial charge in [-0.2, -0.15) is 11.0 Å². The quantitative estimate of drug-likeness (QED) is 0.128. The lowest BCUT2D eigenvalue weighted by molar-refractivity contribution is -0.170. The summed E-state index contributed by atoms with van der Waals surface area (Å²) in [5, 5.41) is 3.36. The van der Waals surface area contributed by atoms with Crippen LogP contribution >= 0.6 is 0 Å². The van der Waals surface area contributed by atoms with Crippen molar-refractivity contribution in [2.75, 3.05) is 0 Å². The molecule has 0 aliphatic rings. The van der Waals surface area contributed by atoms with E-state index in [9.17, 15) is 19.2 Å². The van der Waals surface area contributed by atoms with Gasteiger partial charge in [0.25, 0.3) is 0 Å². The number of esters is 2. The predicted molar refractivity (Wildman–Crippen MR) is 85.5 cm³/mol. The number of nitrogens with zero attached hydrogens (tertiary/aromatic N) is 1. The minimum Gasteiger partial charge on any atom is -0.391 e. The van der Waals surface area contributed by atoms with Gasteiger partial charge in [0.05, 0.1) is 12.6 Å². The van der Waals surface area contributed by atoms with Crippen LogP contribution in [0.5, 0.6) is 0 Å². The molecule has 6 N–H and O–H groups in total. The van der Waals surface area contributed by atoms with Crippen molar-refractivity contribution < 1.29 is 28.8 Å². The molecule has 0 saturated heterocycles. The fourth-order valence-electron chi connectivity index (χ4n) is 1.88. The second-order valence-corrected chi connectivity index (χ2v) is 5.04. The number of aldehydes is 1. The van der Waals surface area contributed by atoms with Crippen LogP contribution in [0, 0.1) is 0 Å². The minimum atomic E-state index is -2.32. The molecule has 0 aliphatic heterocycles. The van der Waals surface area contributed by atoms with Gasteiger partial charge < -0.3 is 25.9 Å². The molecule has 1 aromatic carbocycles. The molecule has 10 heteroatoms. The summed E-state index contributed by atoms with van der Waals surface area (Å²) < 4.78 is 4.52. The molecule has 0 radical (unpaired) electrons. The van der Waals surface area contributed by atoms with Gasteiger partial charge in [0.1, 0.15) is 6.29 Å². The second-order valence-electron chi connectivity index (χ2n) is 5.04. The molecule has 10 nitrogen and oxygen atoms in total. The summed E-state index contributed by atoms with van der Waals surface area (Å²) in [6, 6.07) is 6.40. The van der Waals surface area contributed by atoms with Crippen LogP contribution < -0.4 is 17.5 Å². The number of nitrogens with two attached hydrogens (primary N) is 3. The normalized spacial score (nSPS) is 13.0. The molecule has 0 aliphatic carbocycles. The van der Waals surface area contributed by atoms with Crippen molar-refractivity contribution >= 4 is 30.4 Å². The summed E-state index contributed by atoms with van der Waals surface area (Å²) in [5.41, 5.74) is 4.63. The number of ether oxygens (including phenoxy) is 1. The summed E-state index contributed by atoms with van der Waals surface area (Å²) in [7, 11) is 0. The van der Waals surface area contributed by atoms with Crippen LogP contribution in [-0.4, -0.2) is 35.9 Å². The SMILES string of the molecule is NN=Cc1ccc(CC(N)(C(=O)ON)C(=O)OC(=O)CCC=O)cc1. The lowest BCUT2D eigenvalue weighted by Crippen LogP contribution is -2.59. The Morgan fingerprint density at radius 1 is 1.16 bits per heavy atom. The standard InChI is InChI=1S/C15H18N4O6/c16-15(14(23)25-18,13(22)24-12(21)2-1-7-20)8-10-3-5-11(6-4-10)9-19-17/h3-7,9H,1-2,8,16-18H2. The molecule has 0 spiro atoms. The number of rotatable bonds is 8. The van der Waals surface area contributed by atoms with Gasteiger partial charge in [-0.25, -0.2) is 9.59 Å². The Bertz CT molecular complexity index is 673. The van der Waals surface area contributed by atoms with Gasteiger partial charge in [-0.15, -0.1) is 0 Å². The van der Waals surface area contributed by atoms with E-state index in [1.54, 1.807) is 24.3 Å². The van der Waals surface area contributed by atoms with E-state index in [4.69, 9.17) is 17.5 Å². The summed E-state index contributed by atoms with van der Waals surface area (Å²) in [6.45, 7) is 0. The molecule has 1 rings (SSSR count). The van der Waals surface area contributed by atoms with Crippen molar-refractivity contribution in [1.29, 1.82) is 0 Å². The molecule has 134 valence electrons. The van der Waals surface area contributed by atoms with Crippen molar-refractivity contribution in [2.45, 2.75) is 24.8 Å². The second kappa shape index (κ2) is 9.25. The van der Waals surface area contributed by atoms with E-state index in [0.717, 1.165) is 0 Å². The molecule has 1 unspecified atom stereocenters. The van der Waals surface area contributed by atoms with E-state index in [0.29, 0.717) is 17.4 Å². The first kappa shape index (κ1) is 19.9. The van der Waals surface area contributed by atoms with Crippen molar-refractivity contribution in [2.24, 2.45) is 22.6 Å². The van der Waals surface area contributed by atoms with Crippen molar-refractivity contribution in [3.05, 3.63) is 35.4 Å². The van der Waals surface area contributed by atoms with Gasteiger partial charge in [-0.1, -0.05) is 24.3 Å². The van der Waals surface area contributed by atoms with Crippen LogP contribution in [0.4, 0.5) is 0 Å². The first-order chi connectivity index (χ1) is 11.9. The van der Waals surface area contributed by atoms with Crippen LogP contribution in [0.15, 0.2) is 29.4 Å². The van der Waals surface area contributed by atoms with Crippen molar-refractivity contribution in [1.82, 2.24) is 0 Å². The highest BCUT2D eigenvalue weighted by Crippen LogP contribution is 2.16. The van der Waals surface area contributed by atoms with Gasteiger partial charge in [0.2, 0.25) is 5.54 Å². The van der Waals surface area contributed by atoms with Gasteiger partial charge in [-0.3, -0.25) is 4.79 Å². The summed E-state index contributed by atoms with van der Waals surface area (Å²) >= 11 is 0. The zero-order chi connectivity index (χ0) is 18.9. The van der Waals surface area contributed by atoms with Crippen LogP contribution in [0.3, 0.4) is 0 Å². The van der Waals surface area contributed by atoms with E-state index < -0.39 is 23.4 Å². The molecule has 0 aromatic heterocycles. The van der Waals surface area contributed by atoms with Crippen LogP contribution in [0.2, 0.25) is 0 Å². The molecular weight excluding hydrogens is 332 g/mol. The third-order valence-electron chi connectivity index (χ3n) is 3.19. The molecule has 0 saturated carbocycles. The maximum atomic E-state index is 12.2. The van der Waals surface area contributed by atoms with E-state index in [1.807, 2.05) is 0 Å². The monoisotopic (exact) mass is 350 g/mol. The van der Waals surface area contributed by atoms with Crippen molar-refractivity contribution in [3.8, 4) is 0 Å². The van der Waals surface area contributed by atoms with E-state index in [-0.39, 0.29) is 19.3 Å². The third kappa shape index (κ3) is 5.48. The van der Waals surface area contributed by atoms with Crippen LogP contribution in [0.25, 0.3) is 0 Å². The molecule has 0 heterocycles. The maximum absolute atomic E-state index is 12.2. The third-order valence-corrected chi connectivity index (χ3v) is 3.19. The first-order valence-electron chi connectivity index (χ1n) is 7.08. The highest BCUT2D eigenvalue weighted by Gasteiger charge is 2.46. The first-order valence-corrected chi connectivity index (χ1v) is 7.08. The Morgan fingerprint density at radius 2 is 1.80 bits per heavy atom. The van der Waals surface area contributed by atoms with Gasteiger partial charge in [0.15, 0.2) is 0 Å². The molecule has 0 bridgehead atoms. The Labute approximate surface area is 142 Å². The molecule has 0 fully saturated rings. The maximum Gasteiger partial charge on any atom is 0.356 e. The lowest BCUT2D eigenvalue weighted by Gasteiger charge is -2.23. The molecule has 1 atom stereocenters. The van der Waals surface area contributed by atoms with Gasteiger partial charge >= 0.3 is 17.9 Å². The lowest BCUT2D eigenvalue weighted by atomic mass is 9.91. The highest BCUT2D eigenvalue weighted by atomic mass is 16.7. The average Bonchev–Trinajstić information content (AvgIpc) is 2.60. The molecular formula is C15H18N4O6. The fraction of sp³-hybridized carbons (Fsp3) is 0.267. The highest BCUT2D eigenvalue weighted by molar-refractivity contribution is 6.07. The predicted octanol–water partition coefficient (Wildman–Crippen LogP) is -1.31. The van der Waals surface area contributed by atoms with E-state index >= 15 is 0 Å². The van der Waals surface area contributed by atoms with Crippen LogP contribution in [-0.2, 0) is 35.2 Å². The van der Waals surface area contributed by atoms with Crippen molar-refractivity contribution in [3.63, 3.8) is 0 Å². The summed E-state index contributed by atoms with van der Waals surface area (Å²) in [4.78, 5) is 49.8. The number of benzene rings is 1. The summed E-state index contributed by atoms with van der Waals surface area (Å²) in [5.74, 6) is 6.27. The zero-order valence-corrected chi connectivity index (χ0v) is 13.2. The number of hydrogen-bond donors (Lipinski definition) is 3. The van der Waals surface area contributed by atoms with E-state index in [2.05, 4.69) is 14.7 Å². The van der Waals surface area contributed by atoms with Gasteiger partial charge in [0, 0.05) is 12.8 Å². The summed E-state index contributed by atoms with van der Waals surface area (Å²) in [6.07, 6.45) is 1.10. The molecule has 0 amide bonds. The Kier molecular flexibility index (Phi) is 7.38. The topological polar surface area (TPSA) is 177 Å². The molecule has 1 aromatic rings. The minimum absolute atomic E-state index is 0.130. The Morgan fingerprint density at radius 3 is 2.32 bits per heavy atom. The zero-order valence-electron chi connectivity index (χ0n) is 13.2. The number of hydrazone groups is 1. The number of hydrogen-bond acceptors (Lipinski definition) is 10. The number of carbonyl (C=O) groups is 4.